The van der Waals surface area contributed by atoms with Crippen molar-refractivity contribution in [3.05, 3.63) is 101 Å². The van der Waals surface area contributed by atoms with Crippen LogP contribution in [0.15, 0.2) is 78.9 Å². The Hall–Kier alpha value is -4.13. The number of benzene rings is 3. The average Bonchev–Trinajstić information content (AvgIpc) is 3.01. The van der Waals surface area contributed by atoms with Crippen LogP contribution in [0.4, 0.5) is 10.5 Å². The zero-order valence-corrected chi connectivity index (χ0v) is 24.1. The number of hydrogen-bond donors (Lipinski definition) is 2. The van der Waals surface area contributed by atoms with Gasteiger partial charge in [0.05, 0.1) is 6.04 Å². The van der Waals surface area contributed by atoms with Crippen LogP contribution in [0.5, 0.6) is 0 Å². The van der Waals surface area contributed by atoms with Crippen LogP contribution in [-0.2, 0) is 9.59 Å². The Bertz CT molecular complexity index is 1370. The molecule has 7 nitrogen and oxygen atoms in total. The van der Waals surface area contributed by atoms with Gasteiger partial charge in [0.15, 0.2) is 0 Å². The first kappa shape index (κ1) is 28.9. The summed E-state index contributed by atoms with van der Waals surface area (Å²) in [6.07, 6.45) is 1.15. The third kappa shape index (κ3) is 6.89. The maximum Gasteiger partial charge on any atom is 0.320 e. The number of hydrazine groups is 1. The van der Waals surface area contributed by atoms with Gasteiger partial charge < -0.3 is 5.73 Å². The molecular weight excluding hydrogens is 500 g/mol. The molecule has 0 radical (unpaired) electrons. The van der Waals surface area contributed by atoms with Gasteiger partial charge in [-0.3, -0.25) is 19.9 Å². The zero-order valence-electron chi connectivity index (χ0n) is 24.1. The second kappa shape index (κ2) is 11.9. The van der Waals surface area contributed by atoms with Gasteiger partial charge in [0, 0.05) is 12.1 Å². The normalized spacial score (nSPS) is 19.6. The molecule has 4 rings (SSSR count). The Morgan fingerprint density at radius 2 is 1.52 bits per heavy atom. The van der Waals surface area contributed by atoms with E-state index in [2.05, 4.69) is 23.6 Å². The lowest BCUT2D eigenvalue weighted by Gasteiger charge is -2.35. The molecule has 3 aromatic rings. The van der Waals surface area contributed by atoms with Gasteiger partial charge in [-0.05, 0) is 66.8 Å². The maximum absolute atomic E-state index is 14.6. The molecule has 7 heteroatoms. The van der Waals surface area contributed by atoms with Crippen LogP contribution in [0.3, 0.4) is 0 Å². The molecule has 0 bridgehead atoms. The molecule has 1 aliphatic heterocycles. The van der Waals surface area contributed by atoms with Crippen LogP contribution in [0.1, 0.15) is 74.2 Å². The molecule has 1 heterocycles. The molecular formula is C33H40N4O3. The second-order valence-electron chi connectivity index (χ2n) is 12.1. The molecule has 210 valence electrons. The molecule has 3 atom stereocenters. The van der Waals surface area contributed by atoms with E-state index in [1.807, 2.05) is 89.2 Å². The van der Waals surface area contributed by atoms with Crippen molar-refractivity contribution in [2.45, 2.75) is 71.9 Å². The number of urea groups is 1. The highest BCUT2D eigenvalue weighted by Crippen LogP contribution is 2.40. The van der Waals surface area contributed by atoms with Gasteiger partial charge in [-0.15, -0.1) is 0 Å². The van der Waals surface area contributed by atoms with Crippen LogP contribution in [0.2, 0.25) is 0 Å². The van der Waals surface area contributed by atoms with Gasteiger partial charge in [0.1, 0.15) is 6.04 Å². The lowest BCUT2D eigenvalue weighted by Crippen LogP contribution is -2.57. The Labute approximate surface area is 237 Å². The highest BCUT2D eigenvalue weighted by molar-refractivity contribution is 6.00. The van der Waals surface area contributed by atoms with Gasteiger partial charge in [-0.1, -0.05) is 93.1 Å². The number of primary amides is 1. The minimum absolute atomic E-state index is 0.0863. The van der Waals surface area contributed by atoms with Crippen LogP contribution < -0.4 is 16.1 Å². The minimum Gasteiger partial charge on any atom is -0.351 e. The fraction of sp³-hybridized carbons (Fsp3) is 0.364. The minimum atomic E-state index is -0.922. The molecule has 0 aliphatic carbocycles. The molecule has 1 fully saturated rings. The standard InChI is InChI=1S/C33H40N4O3/c1-22-11-9-15-25(17-22)28-19-26(24-13-7-6-8-14-24)20-29(31(39)37(28)35-30(38)21-33(3,4)5)36(32(34)40)27-16-10-12-23(2)18-27/h6-18,26,28-29H,19-21H2,1-5H3,(H2,34,40)(H,35,38)/t26-,28?,29-/m1/s1. The van der Waals surface area contributed by atoms with Crippen molar-refractivity contribution >= 4 is 23.5 Å². The van der Waals surface area contributed by atoms with Gasteiger partial charge in [0.2, 0.25) is 5.91 Å². The van der Waals surface area contributed by atoms with Crippen molar-refractivity contribution in [2.75, 3.05) is 4.90 Å². The Kier molecular flexibility index (Phi) is 8.62. The second-order valence-corrected chi connectivity index (χ2v) is 12.1. The van der Waals surface area contributed by atoms with Crippen molar-refractivity contribution in [2.24, 2.45) is 11.1 Å². The molecule has 0 aromatic heterocycles. The van der Waals surface area contributed by atoms with Crippen LogP contribution >= 0.6 is 0 Å². The summed E-state index contributed by atoms with van der Waals surface area (Å²) in [6, 6.07) is 23.4. The fourth-order valence-corrected chi connectivity index (χ4v) is 5.56. The number of carbonyl (C=O) groups is 3. The van der Waals surface area contributed by atoms with E-state index in [0.717, 1.165) is 22.3 Å². The van der Waals surface area contributed by atoms with E-state index in [4.69, 9.17) is 5.73 Å². The predicted molar refractivity (Wildman–Crippen MR) is 158 cm³/mol. The number of amides is 4. The molecule has 3 aromatic carbocycles. The molecule has 40 heavy (non-hydrogen) atoms. The first-order valence-electron chi connectivity index (χ1n) is 13.8. The SMILES string of the molecule is Cc1cccc(C2C[C@@H](c3ccccc3)C[C@@H](N(C(N)=O)c3cccc(C)c3)C(=O)N2NC(=O)CC(C)(C)C)c1. The summed E-state index contributed by atoms with van der Waals surface area (Å²) >= 11 is 0. The summed E-state index contributed by atoms with van der Waals surface area (Å²) in [5.41, 5.74) is 13.2. The Balaban J connectivity index is 1.87. The maximum atomic E-state index is 14.6. The van der Waals surface area contributed by atoms with Gasteiger partial charge in [-0.2, -0.15) is 0 Å². The van der Waals surface area contributed by atoms with Gasteiger partial charge in [0.25, 0.3) is 5.91 Å². The number of hydrogen-bond acceptors (Lipinski definition) is 3. The third-order valence-electron chi connectivity index (χ3n) is 7.31. The smallest absolute Gasteiger partial charge is 0.320 e. The van der Waals surface area contributed by atoms with E-state index >= 15 is 0 Å². The highest BCUT2D eigenvalue weighted by atomic mass is 16.2. The number of anilines is 1. The molecule has 3 N–H and O–H groups in total. The van der Waals surface area contributed by atoms with E-state index in [0.29, 0.717) is 18.5 Å². The lowest BCUT2D eigenvalue weighted by atomic mass is 9.86. The Morgan fingerprint density at radius 3 is 2.12 bits per heavy atom. The summed E-state index contributed by atoms with van der Waals surface area (Å²) in [5, 5.41) is 1.46. The number of nitrogens with zero attached hydrogens (tertiary/aromatic N) is 2. The highest BCUT2D eigenvalue weighted by Gasteiger charge is 2.43. The first-order chi connectivity index (χ1) is 18.9. The molecule has 1 unspecified atom stereocenters. The van der Waals surface area contributed by atoms with Crippen molar-refractivity contribution in [3.63, 3.8) is 0 Å². The monoisotopic (exact) mass is 540 g/mol. The van der Waals surface area contributed by atoms with Crippen molar-refractivity contribution in [1.29, 1.82) is 0 Å². The first-order valence-corrected chi connectivity index (χ1v) is 13.8. The molecule has 0 spiro atoms. The number of aryl methyl sites for hydroxylation is 2. The summed E-state index contributed by atoms with van der Waals surface area (Å²) in [4.78, 5) is 42.2. The van der Waals surface area contributed by atoms with E-state index < -0.39 is 18.1 Å². The van der Waals surface area contributed by atoms with Gasteiger partial charge >= 0.3 is 6.03 Å². The molecule has 1 saturated heterocycles. The number of nitrogens with one attached hydrogen (secondary N) is 1. The average molecular weight is 541 g/mol. The number of carbonyl (C=O) groups excluding carboxylic acids is 3. The summed E-state index contributed by atoms with van der Waals surface area (Å²) in [5.74, 6) is -0.707. The number of rotatable bonds is 6. The molecule has 1 aliphatic rings. The van der Waals surface area contributed by atoms with E-state index in [9.17, 15) is 14.4 Å². The summed E-state index contributed by atoms with van der Waals surface area (Å²) < 4.78 is 0. The zero-order chi connectivity index (χ0) is 29.0. The predicted octanol–water partition coefficient (Wildman–Crippen LogP) is 6.17. The van der Waals surface area contributed by atoms with Crippen molar-refractivity contribution < 1.29 is 14.4 Å². The topological polar surface area (TPSA) is 95.7 Å². The van der Waals surface area contributed by atoms with Crippen LogP contribution in [-0.4, -0.2) is 28.9 Å². The lowest BCUT2D eigenvalue weighted by molar-refractivity contribution is -0.145. The summed E-state index contributed by atoms with van der Waals surface area (Å²) in [6.45, 7) is 9.88. The van der Waals surface area contributed by atoms with E-state index in [1.54, 1.807) is 6.07 Å². The van der Waals surface area contributed by atoms with Crippen molar-refractivity contribution in [3.8, 4) is 0 Å². The number of nitrogens with two attached hydrogens (primary N) is 1. The van der Waals surface area contributed by atoms with Crippen LogP contribution in [0.25, 0.3) is 0 Å². The Morgan fingerprint density at radius 1 is 0.900 bits per heavy atom. The van der Waals surface area contributed by atoms with Gasteiger partial charge in [-0.25, -0.2) is 9.80 Å². The largest absolute Gasteiger partial charge is 0.351 e. The fourth-order valence-electron chi connectivity index (χ4n) is 5.56. The van der Waals surface area contributed by atoms with E-state index in [1.165, 1.54) is 9.91 Å². The molecule has 4 amide bonds. The molecule has 0 saturated carbocycles. The third-order valence-corrected chi connectivity index (χ3v) is 7.31. The van der Waals surface area contributed by atoms with Crippen LogP contribution in [0, 0.1) is 19.3 Å². The quantitative estimate of drug-likeness (QED) is 0.391. The van der Waals surface area contributed by atoms with Crippen molar-refractivity contribution in [1.82, 2.24) is 10.4 Å². The summed E-state index contributed by atoms with van der Waals surface area (Å²) in [7, 11) is 0. The van der Waals surface area contributed by atoms with E-state index in [-0.39, 0.29) is 29.6 Å².